The smallest absolute Gasteiger partial charge is 0.303 e. The van der Waals surface area contributed by atoms with Crippen LogP contribution in [0.2, 0.25) is 25.7 Å². The van der Waals surface area contributed by atoms with Crippen LogP contribution in [0.4, 0.5) is 0 Å². The van der Waals surface area contributed by atoms with Crippen molar-refractivity contribution >= 4 is 25.8 Å². The first-order chi connectivity index (χ1) is 11.8. The van der Waals surface area contributed by atoms with E-state index in [0.29, 0.717) is 23.2 Å². The largest absolute Gasteiger partial charge is 0.477 e. The lowest BCUT2D eigenvalue weighted by Gasteiger charge is -2.16. The molecule has 2 heterocycles. The van der Waals surface area contributed by atoms with Crippen LogP contribution in [0, 0.1) is 0 Å². The Hall–Kier alpha value is -1.94. The molecule has 0 N–H and O–H groups in total. The van der Waals surface area contributed by atoms with Crippen molar-refractivity contribution in [3.8, 4) is 17.3 Å². The van der Waals surface area contributed by atoms with Gasteiger partial charge in [-0.3, -0.25) is 4.79 Å². The van der Waals surface area contributed by atoms with E-state index in [1.165, 1.54) is 18.7 Å². The summed E-state index contributed by atoms with van der Waals surface area (Å²) in [7, 11) is -1.22. The number of carbonyl (C=O) groups excluding carboxylic acids is 1. The van der Waals surface area contributed by atoms with Gasteiger partial charge in [-0.25, -0.2) is 4.98 Å². The van der Waals surface area contributed by atoms with Crippen molar-refractivity contribution in [2.24, 2.45) is 0 Å². The summed E-state index contributed by atoms with van der Waals surface area (Å²) in [6.45, 7) is 8.66. The molecule has 0 aliphatic carbocycles. The second-order valence-corrected chi connectivity index (χ2v) is 12.9. The summed E-state index contributed by atoms with van der Waals surface area (Å²) in [6.07, 6.45) is 3.50. The van der Waals surface area contributed by atoms with Crippen LogP contribution in [0.1, 0.15) is 12.8 Å². The van der Waals surface area contributed by atoms with Crippen LogP contribution >= 0.6 is 11.8 Å². The summed E-state index contributed by atoms with van der Waals surface area (Å²) < 4.78 is 16.2. The molecule has 0 aliphatic heterocycles. The molecule has 0 fully saturated rings. The van der Waals surface area contributed by atoms with Crippen molar-refractivity contribution in [1.82, 2.24) is 20.2 Å². The summed E-state index contributed by atoms with van der Waals surface area (Å²) in [5.41, 5.74) is 0.523. The Labute approximate surface area is 151 Å². The van der Waals surface area contributed by atoms with Crippen molar-refractivity contribution in [3.05, 3.63) is 12.1 Å². The Kier molecular flexibility index (Phi) is 6.54. The minimum atomic E-state index is -1.22. The predicted octanol–water partition coefficient (Wildman–Crippen LogP) is 3.03. The van der Waals surface area contributed by atoms with E-state index >= 15 is 0 Å². The molecule has 8 nitrogen and oxygen atoms in total. The van der Waals surface area contributed by atoms with Gasteiger partial charge < -0.3 is 13.9 Å². The zero-order valence-electron chi connectivity index (χ0n) is 15.0. The number of hydrogen-bond acceptors (Lipinski definition) is 9. The van der Waals surface area contributed by atoms with Gasteiger partial charge in [-0.05, 0) is 12.3 Å². The van der Waals surface area contributed by atoms with Gasteiger partial charge in [0.15, 0.2) is 11.8 Å². The summed E-state index contributed by atoms with van der Waals surface area (Å²) in [6, 6.07) is 1.01. The third-order valence-corrected chi connectivity index (χ3v) is 5.37. The SMILES string of the molecule is CSc1ncc(-c2nnc(COC(C)=O)o2)c(OCC[Si](C)(C)C)n1. The van der Waals surface area contributed by atoms with Crippen LogP contribution in [0.3, 0.4) is 0 Å². The van der Waals surface area contributed by atoms with Crippen molar-refractivity contribution in [1.29, 1.82) is 0 Å². The van der Waals surface area contributed by atoms with E-state index in [9.17, 15) is 4.79 Å². The van der Waals surface area contributed by atoms with Crippen LogP contribution in [0.5, 0.6) is 5.88 Å². The lowest BCUT2D eigenvalue weighted by Crippen LogP contribution is -2.22. The molecule has 0 amide bonds. The highest BCUT2D eigenvalue weighted by Gasteiger charge is 2.19. The molecule has 10 heteroatoms. The number of nitrogens with zero attached hydrogens (tertiary/aromatic N) is 4. The fourth-order valence-electron chi connectivity index (χ4n) is 1.74. The van der Waals surface area contributed by atoms with E-state index < -0.39 is 14.0 Å². The zero-order chi connectivity index (χ0) is 18.4. The first-order valence-corrected chi connectivity index (χ1v) is 12.7. The second kappa shape index (κ2) is 8.43. The number of rotatable bonds is 8. The van der Waals surface area contributed by atoms with E-state index in [1.807, 2.05) is 6.26 Å². The van der Waals surface area contributed by atoms with Gasteiger partial charge in [0.1, 0.15) is 5.56 Å². The van der Waals surface area contributed by atoms with Gasteiger partial charge in [-0.1, -0.05) is 31.4 Å². The van der Waals surface area contributed by atoms with E-state index in [0.717, 1.165) is 6.04 Å². The number of thioether (sulfide) groups is 1. The Balaban J connectivity index is 2.19. The first kappa shape index (κ1) is 19.4. The first-order valence-electron chi connectivity index (χ1n) is 7.78. The molecule has 0 aliphatic rings. The van der Waals surface area contributed by atoms with Crippen molar-refractivity contribution in [3.63, 3.8) is 0 Å². The molecule has 0 bridgehead atoms. The topological polar surface area (TPSA) is 100 Å². The van der Waals surface area contributed by atoms with E-state index in [4.69, 9.17) is 13.9 Å². The van der Waals surface area contributed by atoms with Gasteiger partial charge in [-0.15, -0.1) is 10.2 Å². The van der Waals surface area contributed by atoms with Gasteiger partial charge in [0.2, 0.25) is 5.88 Å². The van der Waals surface area contributed by atoms with Gasteiger partial charge in [-0.2, -0.15) is 4.98 Å². The average Bonchev–Trinajstić information content (AvgIpc) is 3.00. The zero-order valence-corrected chi connectivity index (χ0v) is 16.8. The summed E-state index contributed by atoms with van der Waals surface area (Å²) in [5, 5.41) is 8.44. The Morgan fingerprint density at radius 2 is 2.08 bits per heavy atom. The Morgan fingerprint density at radius 3 is 2.72 bits per heavy atom. The standard InChI is InChI=1S/C15H22N4O4SSi/c1-10(20)22-9-12-18-19-14(23-12)11-8-16-15(24-2)17-13(11)21-6-7-25(3,4)5/h8H,6-7,9H2,1-5H3. The molecule has 0 unspecified atom stereocenters. The third kappa shape index (κ3) is 6.13. The normalized spacial score (nSPS) is 11.4. The van der Waals surface area contributed by atoms with Gasteiger partial charge >= 0.3 is 5.97 Å². The highest BCUT2D eigenvalue weighted by Crippen LogP contribution is 2.29. The highest BCUT2D eigenvalue weighted by molar-refractivity contribution is 7.98. The Bertz CT molecular complexity index is 733. The highest BCUT2D eigenvalue weighted by atomic mass is 32.2. The van der Waals surface area contributed by atoms with Gasteiger partial charge in [0.25, 0.3) is 11.8 Å². The van der Waals surface area contributed by atoms with Crippen LogP contribution in [-0.4, -0.2) is 47.1 Å². The molecular weight excluding hydrogens is 360 g/mol. The van der Waals surface area contributed by atoms with Crippen molar-refractivity contribution in [2.45, 2.75) is 44.4 Å². The van der Waals surface area contributed by atoms with E-state index in [-0.39, 0.29) is 18.4 Å². The minimum absolute atomic E-state index is 0.0715. The molecule has 0 atom stereocenters. The lowest BCUT2D eigenvalue weighted by molar-refractivity contribution is -0.142. The summed E-state index contributed by atoms with van der Waals surface area (Å²) >= 11 is 1.42. The molecule has 2 rings (SSSR count). The van der Waals surface area contributed by atoms with Crippen LogP contribution in [-0.2, 0) is 16.1 Å². The molecule has 0 spiro atoms. The van der Waals surface area contributed by atoms with Crippen molar-refractivity contribution < 1.29 is 18.7 Å². The van der Waals surface area contributed by atoms with Crippen molar-refractivity contribution in [2.75, 3.05) is 12.9 Å². The second-order valence-electron chi connectivity index (χ2n) is 6.52. The number of aromatic nitrogens is 4. The molecular formula is C15H22N4O4SSi. The fraction of sp³-hybridized carbons (Fsp3) is 0.533. The monoisotopic (exact) mass is 382 g/mol. The molecule has 2 aromatic heterocycles. The molecule has 0 saturated carbocycles. The van der Waals surface area contributed by atoms with Crippen LogP contribution in [0.25, 0.3) is 11.5 Å². The lowest BCUT2D eigenvalue weighted by atomic mass is 10.3. The van der Waals surface area contributed by atoms with Crippen LogP contribution < -0.4 is 4.74 Å². The average molecular weight is 383 g/mol. The Morgan fingerprint density at radius 1 is 1.32 bits per heavy atom. The number of ether oxygens (including phenoxy) is 2. The quantitative estimate of drug-likeness (QED) is 0.295. The van der Waals surface area contributed by atoms with Gasteiger partial charge in [0.05, 0.1) is 6.61 Å². The maximum absolute atomic E-state index is 10.9. The minimum Gasteiger partial charge on any atom is -0.477 e. The predicted molar refractivity (Wildman–Crippen MR) is 96.2 cm³/mol. The maximum Gasteiger partial charge on any atom is 0.303 e. The molecule has 0 saturated heterocycles. The fourth-order valence-corrected chi connectivity index (χ4v) is 2.79. The number of carbonyl (C=O) groups is 1. The number of hydrogen-bond donors (Lipinski definition) is 0. The van der Waals surface area contributed by atoms with E-state index in [2.05, 4.69) is 39.8 Å². The maximum atomic E-state index is 10.9. The molecule has 0 radical (unpaired) electrons. The third-order valence-electron chi connectivity index (χ3n) is 3.10. The van der Waals surface area contributed by atoms with E-state index in [1.54, 1.807) is 6.20 Å². The molecule has 136 valence electrons. The van der Waals surface area contributed by atoms with Crippen LogP contribution in [0.15, 0.2) is 15.8 Å². The molecule has 2 aromatic rings. The summed E-state index contributed by atoms with van der Waals surface area (Å²) in [4.78, 5) is 19.5. The summed E-state index contributed by atoms with van der Waals surface area (Å²) in [5.74, 6) is 0.438. The van der Waals surface area contributed by atoms with Gasteiger partial charge in [0, 0.05) is 21.2 Å². The number of esters is 1. The molecule has 0 aromatic carbocycles. The molecule has 25 heavy (non-hydrogen) atoms.